The number of halogens is 2. The molecule has 2 aliphatic rings. The zero-order valence-electron chi connectivity index (χ0n) is 17.7. The summed E-state index contributed by atoms with van der Waals surface area (Å²) < 4.78 is 24.7. The molecule has 0 unspecified atom stereocenters. The van der Waals surface area contributed by atoms with Gasteiger partial charge in [0.1, 0.15) is 11.6 Å². The molecule has 4 rings (SSSR count). The van der Waals surface area contributed by atoms with Gasteiger partial charge in [-0.1, -0.05) is 11.6 Å². The van der Waals surface area contributed by atoms with E-state index in [9.17, 15) is 14.0 Å². The fourth-order valence-electron chi connectivity index (χ4n) is 3.70. The summed E-state index contributed by atoms with van der Waals surface area (Å²) in [4.78, 5) is 29.2. The van der Waals surface area contributed by atoms with E-state index < -0.39 is 0 Å². The largest absolute Gasteiger partial charge is 0.484 e. The van der Waals surface area contributed by atoms with Crippen LogP contribution >= 0.6 is 11.6 Å². The van der Waals surface area contributed by atoms with E-state index in [2.05, 4.69) is 0 Å². The van der Waals surface area contributed by atoms with E-state index in [4.69, 9.17) is 21.1 Å². The highest BCUT2D eigenvalue weighted by atomic mass is 35.5. The molecule has 1 aliphatic carbocycles. The van der Waals surface area contributed by atoms with Gasteiger partial charge in [0.2, 0.25) is 0 Å². The van der Waals surface area contributed by atoms with Crippen LogP contribution in [0.1, 0.15) is 23.2 Å². The molecule has 8 heteroatoms. The van der Waals surface area contributed by atoms with E-state index in [-0.39, 0.29) is 30.3 Å². The monoisotopic (exact) mass is 460 g/mol. The van der Waals surface area contributed by atoms with E-state index in [0.717, 1.165) is 12.8 Å². The number of nitrogens with zero attached hydrogens (tertiary/aromatic N) is 2. The highest BCUT2D eigenvalue weighted by Gasteiger charge is 2.31. The van der Waals surface area contributed by atoms with Gasteiger partial charge in [-0.25, -0.2) is 4.39 Å². The van der Waals surface area contributed by atoms with Crippen molar-refractivity contribution in [2.45, 2.75) is 18.9 Å². The van der Waals surface area contributed by atoms with Crippen molar-refractivity contribution in [3.8, 4) is 5.75 Å². The zero-order valence-corrected chi connectivity index (χ0v) is 18.5. The van der Waals surface area contributed by atoms with Crippen LogP contribution in [-0.4, -0.2) is 67.1 Å². The average Bonchev–Trinajstić information content (AvgIpc) is 3.62. The molecule has 1 heterocycles. The number of hydrogen-bond donors (Lipinski definition) is 0. The Morgan fingerprint density at radius 1 is 1.09 bits per heavy atom. The molecule has 0 bridgehead atoms. The van der Waals surface area contributed by atoms with Crippen LogP contribution in [0.15, 0.2) is 48.5 Å². The third-order valence-electron chi connectivity index (χ3n) is 5.65. The van der Waals surface area contributed by atoms with Gasteiger partial charge in [0.25, 0.3) is 11.8 Å². The first-order chi connectivity index (χ1) is 15.5. The van der Waals surface area contributed by atoms with Crippen molar-refractivity contribution < 1.29 is 23.5 Å². The second-order valence-corrected chi connectivity index (χ2v) is 8.67. The predicted molar refractivity (Wildman–Crippen MR) is 118 cm³/mol. The van der Waals surface area contributed by atoms with Gasteiger partial charge in [-0.2, -0.15) is 0 Å². The fourth-order valence-corrected chi connectivity index (χ4v) is 3.82. The third-order valence-corrected chi connectivity index (χ3v) is 5.90. The number of ether oxygens (including phenoxy) is 2. The molecular weight excluding hydrogens is 435 g/mol. The van der Waals surface area contributed by atoms with Gasteiger partial charge < -0.3 is 19.3 Å². The number of benzene rings is 2. The number of carbonyl (C=O) groups excluding carboxylic acids is 2. The molecule has 32 heavy (non-hydrogen) atoms. The second kappa shape index (κ2) is 10.3. The molecule has 1 aliphatic heterocycles. The fraction of sp³-hybridized carbons (Fsp3) is 0.417. The molecule has 6 nitrogen and oxygen atoms in total. The lowest BCUT2D eigenvalue weighted by atomic mass is 10.1. The number of rotatable bonds is 8. The normalized spacial score (nSPS) is 18.3. The van der Waals surface area contributed by atoms with Crippen molar-refractivity contribution in [2.75, 3.05) is 39.4 Å². The van der Waals surface area contributed by atoms with Crippen molar-refractivity contribution in [1.82, 2.24) is 9.80 Å². The predicted octanol–water partition coefficient (Wildman–Crippen LogP) is 3.64. The highest BCUT2D eigenvalue weighted by molar-refractivity contribution is 6.30. The smallest absolute Gasteiger partial charge is 0.260 e. The van der Waals surface area contributed by atoms with Crippen LogP contribution in [0, 0.1) is 11.7 Å². The molecule has 0 spiro atoms. The molecule has 0 aromatic heterocycles. The van der Waals surface area contributed by atoms with Crippen LogP contribution in [-0.2, 0) is 9.53 Å². The first kappa shape index (κ1) is 22.6. The van der Waals surface area contributed by atoms with Crippen LogP contribution < -0.4 is 4.74 Å². The Kier molecular flexibility index (Phi) is 7.27. The van der Waals surface area contributed by atoms with E-state index >= 15 is 0 Å². The van der Waals surface area contributed by atoms with Crippen LogP contribution in [0.5, 0.6) is 5.75 Å². The van der Waals surface area contributed by atoms with Crippen molar-refractivity contribution >= 4 is 23.4 Å². The minimum Gasteiger partial charge on any atom is -0.484 e. The molecular formula is C24H26ClFN2O4. The first-order valence-electron chi connectivity index (χ1n) is 10.8. The summed E-state index contributed by atoms with van der Waals surface area (Å²) in [6, 6.07) is 12.4. The molecule has 0 N–H and O–H groups in total. The van der Waals surface area contributed by atoms with Gasteiger partial charge in [-0.3, -0.25) is 9.59 Å². The Morgan fingerprint density at radius 2 is 1.81 bits per heavy atom. The van der Waals surface area contributed by atoms with Crippen LogP contribution in [0.2, 0.25) is 5.02 Å². The summed E-state index contributed by atoms with van der Waals surface area (Å²) in [5, 5.41) is 0.602. The van der Waals surface area contributed by atoms with Crippen molar-refractivity contribution in [2.24, 2.45) is 5.92 Å². The van der Waals surface area contributed by atoms with Crippen molar-refractivity contribution in [3.63, 3.8) is 0 Å². The number of carbonyl (C=O) groups is 2. The lowest BCUT2D eigenvalue weighted by Gasteiger charge is -2.36. The van der Waals surface area contributed by atoms with Gasteiger partial charge in [0.15, 0.2) is 6.61 Å². The average molecular weight is 461 g/mol. The van der Waals surface area contributed by atoms with Crippen LogP contribution in [0.4, 0.5) is 4.39 Å². The Bertz CT molecular complexity index is 934. The maximum atomic E-state index is 13.3. The van der Waals surface area contributed by atoms with E-state index in [1.54, 1.807) is 34.1 Å². The van der Waals surface area contributed by atoms with Gasteiger partial charge in [-0.15, -0.1) is 0 Å². The molecule has 1 atom stereocenters. The number of amides is 2. The Balaban J connectivity index is 1.34. The standard InChI is InChI=1S/C24H26ClFN2O4/c25-19-5-9-21(10-6-19)32-16-23(29)27-11-12-31-22(14-27)15-28(13-17-1-2-17)24(30)18-3-7-20(26)8-4-18/h3-10,17,22H,1-2,11-16H2/t22-/m1/s1. The SMILES string of the molecule is O=C(COc1ccc(Cl)cc1)N1CCO[C@@H](CN(CC2CC2)C(=O)c2ccc(F)cc2)C1. The van der Waals surface area contributed by atoms with Gasteiger partial charge in [0, 0.05) is 36.8 Å². The molecule has 1 saturated heterocycles. The van der Waals surface area contributed by atoms with Crippen molar-refractivity contribution in [1.29, 1.82) is 0 Å². The Morgan fingerprint density at radius 3 is 2.50 bits per heavy atom. The Hall–Kier alpha value is -2.64. The molecule has 2 amide bonds. The van der Waals surface area contributed by atoms with Crippen LogP contribution in [0.25, 0.3) is 0 Å². The van der Waals surface area contributed by atoms with Gasteiger partial charge >= 0.3 is 0 Å². The minimum absolute atomic E-state index is 0.0748. The van der Waals surface area contributed by atoms with E-state index in [1.807, 2.05) is 0 Å². The maximum Gasteiger partial charge on any atom is 0.260 e. The molecule has 1 saturated carbocycles. The summed E-state index contributed by atoms with van der Waals surface area (Å²) in [6.07, 6.45) is 1.92. The second-order valence-electron chi connectivity index (χ2n) is 8.24. The lowest BCUT2D eigenvalue weighted by molar-refractivity contribution is -0.141. The van der Waals surface area contributed by atoms with Crippen LogP contribution in [0.3, 0.4) is 0 Å². The molecule has 2 aromatic carbocycles. The summed E-state index contributed by atoms with van der Waals surface area (Å²) in [5.74, 6) is 0.421. The summed E-state index contributed by atoms with van der Waals surface area (Å²) in [6.45, 7) is 2.22. The number of hydrogen-bond acceptors (Lipinski definition) is 4. The molecule has 170 valence electrons. The summed E-state index contributed by atoms with van der Waals surface area (Å²) in [7, 11) is 0. The zero-order chi connectivity index (χ0) is 22.5. The Labute approximate surface area is 191 Å². The quantitative estimate of drug-likeness (QED) is 0.603. The summed E-state index contributed by atoms with van der Waals surface area (Å²) >= 11 is 5.87. The molecule has 2 fully saturated rings. The van der Waals surface area contributed by atoms with Gasteiger partial charge in [0.05, 0.1) is 12.7 Å². The van der Waals surface area contributed by atoms with E-state index in [1.165, 1.54) is 24.3 Å². The summed E-state index contributed by atoms with van der Waals surface area (Å²) in [5.41, 5.74) is 0.451. The first-order valence-corrected chi connectivity index (χ1v) is 11.2. The minimum atomic E-state index is -0.374. The van der Waals surface area contributed by atoms with E-state index in [0.29, 0.717) is 55.0 Å². The molecule has 0 radical (unpaired) electrons. The maximum absolute atomic E-state index is 13.3. The highest BCUT2D eigenvalue weighted by Crippen LogP contribution is 2.30. The van der Waals surface area contributed by atoms with Gasteiger partial charge in [-0.05, 0) is 67.3 Å². The third kappa shape index (κ3) is 6.20. The topological polar surface area (TPSA) is 59.1 Å². The van der Waals surface area contributed by atoms with Crippen molar-refractivity contribution in [3.05, 3.63) is 64.9 Å². The lowest BCUT2D eigenvalue weighted by Crippen LogP contribution is -2.51. The molecule has 2 aromatic rings. The number of morpholine rings is 1.